The summed E-state index contributed by atoms with van der Waals surface area (Å²) < 4.78 is 11.4. The van der Waals surface area contributed by atoms with Crippen molar-refractivity contribution in [1.82, 2.24) is 9.97 Å². The van der Waals surface area contributed by atoms with Crippen LogP contribution >= 0.6 is 0 Å². The van der Waals surface area contributed by atoms with Crippen molar-refractivity contribution in [1.29, 1.82) is 0 Å². The molecule has 0 fully saturated rings. The van der Waals surface area contributed by atoms with Crippen LogP contribution in [-0.4, -0.2) is 16.6 Å². The first-order valence-electron chi connectivity index (χ1n) is 8.56. The lowest BCUT2D eigenvalue weighted by atomic mass is 10.1. The van der Waals surface area contributed by atoms with E-state index in [1.807, 2.05) is 60.7 Å². The summed E-state index contributed by atoms with van der Waals surface area (Å²) in [6, 6.07) is 17.8. The van der Waals surface area contributed by atoms with Crippen molar-refractivity contribution in [3.05, 3.63) is 78.7 Å². The third kappa shape index (κ3) is 4.00. The predicted octanol–water partition coefficient (Wildman–Crippen LogP) is 4.70. The highest BCUT2D eigenvalue weighted by molar-refractivity contribution is 5.63. The van der Waals surface area contributed by atoms with Gasteiger partial charge in [-0.3, -0.25) is 0 Å². The van der Waals surface area contributed by atoms with E-state index in [4.69, 9.17) is 9.47 Å². The van der Waals surface area contributed by atoms with E-state index in [1.54, 1.807) is 12.5 Å². The molecule has 2 heterocycles. The maximum Gasteiger partial charge on any atom is 0.227 e. The number of ether oxygens (including phenoxy) is 2. The highest BCUT2D eigenvalue weighted by atomic mass is 16.5. The molecule has 130 valence electrons. The van der Waals surface area contributed by atoms with Crippen molar-refractivity contribution in [2.45, 2.75) is 13.0 Å². The molecule has 0 aliphatic carbocycles. The molecule has 5 heteroatoms. The van der Waals surface area contributed by atoms with Gasteiger partial charge in [0.2, 0.25) is 5.95 Å². The molecule has 3 aromatic rings. The zero-order valence-corrected chi connectivity index (χ0v) is 14.3. The molecule has 1 aliphatic heterocycles. The molecular formula is C21H19N3O2. The Morgan fingerprint density at radius 1 is 1.00 bits per heavy atom. The second-order valence-electron chi connectivity index (χ2n) is 5.94. The smallest absolute Gasteiger partial charge is 0.227 e. The summed E-state index contributed by atoms with van der Waals surface area (Å²) in [6.07, 6.45) is 6.23. The van der Waals surface area contributed by atoms with Crippen LogP contribution in [0.3, 0.4) is 0 Å². The van der Waals surface area contributed by atoms with Crippen LogP contribution in [0.1, 0.15) is 12.0 Å². The molecule has 1 aliphatic rings. The van der Waals surface area contributed by atoms with E-state index in [-0.39, 0.29) is 0 Å². The summed E-state index contributed by atoms with van der Waals surface area (Å²) in [5.41, 5.74) is 3.83. The molecular weight excluding hydrogens is 326 g/mol. The van der Waals surface area contributed by atoms with Crippen molar-refractivity contribution in [2.75, 3.05) is 11.9 Å². The minimum Gasteiger partial charge on any atom is -0.497 e. The molecule has 2 aromatic carbocycles. The first-order chi connectivity index (χ1) is 12.9. The van der Waals surface area contributed by atoms with Crippen LogP contribution < -0.4 is 10.1 Å². The monoisotopic (exact) mass is 345 g/mol. The molecule has 1 aromatic heterocycles. The van der Waals surface area contributed by atoms with E-state index in [9.17, 15) is 0 Å². The topological polar surface area (TPSA) is 56.3 Å². The lowest BCUT2D eigenvalue weighted by Gasteiger charge is -2.09. The Kier molecular flexibility index (Phi) is 4.78. The summed E-state index contributed by atoms with van der Waals surface area (Å²) >= 11 is 0. The Morgan fingerprint density at radius 2 is 1.96 bits per heavy atom. The predicted molar refractivity (Wildman–Crippen MR) is 101 cm³/mol. The van der Waals surface area contributed by atoms with Gasteiger partial charge in [0.25, 0.3) is 0 Å². The van der Waals surface area contributed by atoms with Crippen molar-refractivity contribution >= 4 is 11.6 Å². The second-order valence-corrected chi connectivity index (χ2v) is 5.94. The first-order valence-corrected chi connectivity index (χ1v) is 8.56. The summed E-state index contributed by atoms with van der Waals surface area (Å²) in [5.74, 6) is 1.37. The molecule has 0 unspecified atom stereocenters. The SMILES string of the molecule is C1=COCc2cccc(c2)Nc2nccc(n2)-c2cccc(c2)OCC1. The Labute approximate surface area is 152 Å². The average Bonchev–Trinajstić information content (AvgIpc) is 2.67. The maximum absolute atomic E-state index is 5.82. The third-order valence-corrected chi connectivity index (χ3v) is 3.96. The van der Waals surface area contributed by atoms with Gasteiger partial charge in [-0.15, -0.1) is 0 Å². The molecule has 0 radical (unpaired) electrons. The van der Waals surface area contributed by atoms with Gasteiger partial charge in [-0.2, -0.15) is 0 Å². The number of fused-ring (bicyclic) bond motifs is 7. The van der Waals surface area contributed by atoms with Crippen LogP contribution in [0.4, 0.5) is 11.6 Å². The molecule has 0 atom stereocenters. The number of rotatable bonds is 0. The first kappa shape index (κ1) is 16.1. The molecule has 0 saturated heterocycles. The van der Waals surface area contributed by atoms with Gasteiger partial charge >= 0.3 is 0 Å². The minimum absolute atomic E-state index is 0.508. The van der Waals surface area contributed by atoms with Crippen molar-refractivity contribution in [3.63, 3.8) is 0 Å². The standard InChI is InChI=1S/C21H19N3O2/c1-2-12-26-19-8-4-6-17(14-19)20-9-10-22-21(24-20)23-18-7-3-5-16(13-18)15-25-11-1/h1,3-11,13-14H,2,12,15H2,(H,22,23,24). The Morgan fingerprint density at radius 3 is 2.96 bits per heavy atom. The van der Waals surface area contributed by atoms with Gasteiger partial charge in [0.15, 0.2) is 0 Å². The van der Waals surface area contributed by atoms with E-state index in [0.29, 0.717) is 19.2 Å². The normalized spacial score (nSPS) is 13.7. The van der Waals surface area contributed by atoms with E-state index < -0.39 is 0 Å². The van der Waals surface area contributed by atoms with Gasteiger partial charge in [-0.25, -0.2) is 9.97 Å². The van der Waals surface area contributed by atoms with Crippen molar-refractivity contribution in [2.24, 2.45) is 0 Å². The number of nitrogens with zero attached hydrogens (tertiary/aromatic N) is 2. The Bertz CT molecular complexity index is 924. The largest absolute Gasteiger partial charge is 0.497 e. The van der Waals surface area contributed by atoms with Crippen molar-refractivity contribution in [3.8, 4) is 17.0 Å². The molecule has 0 amide bonds. The summed E-state index contributed by atoms with van der Waals surface area (Å²) in [4.78, 5) is 8.95. The number of nitrogens with one attached hydrogen (secondary N) is 1. The van der Waals surface area contributed by atoms with Crippen LogP contribution in [0.2, 0.25) is 0 Å². The lowest BCUT2D eigenvalue weighted by Crippen LogP contribution is -1.99. The van der Waals surface area contributed by atoms with Crippen LogP contribution in [-0.2, 0) is 11.3 Å². The summed E-state index contributed by atoms with van der Waals surface area (Å²) in [7, 11) is 0. The molecule has 4 rings (SSSR count). The highest BCUT2D eigenvalue weighted by Crippen LogP contribution is 2.24. The van der Waals surface area contributed by atoms with E-state index in [0.717, 1.165) is 34.7 Å². The van der Waals surface area contributed by atoms with Crippen LogP contribution in [0.5, 0.6) is 5.75 Å². The van der Waals surface area contributed by atoms with Gasteiger partial charge < -0.3 is 14.8 Å². The number of hydrogen-bond acceptors (Lipinski definition) is 5. The fourth-order valence-corrected chi connectivity index (χ4v) is 2.72. The highest BCUT2D eigenvalue weighted by Gasteiger charge is 2.05. The molecule has 0 saturated carbocycles. The summed E-state index contributed by atoms with van der Waals surface area (Å²) in [5, 5.41) is 3.26. The van der Waals surface area contributed by atoms with Gasteiger partial charge in [-0.1, -0.05) is 24.3 Å². The number of hydrogen-bond donors (Lipinski definition) is 1. The fourth-order valence-electron chi connectivity index (χ4n) is 2.72. The molecule has 6 bridgehead atoms. The zero-order chi connectivity index (χ0) is 17.6. The lowest BCUT2D eigenvalue weighted by molar-refractivity contribution is 0.234. The zero-order valence-electron chi connectivity index (χ0n) is 14.3. The molecule has 1 N–H and O–H groups in total. The number of aromatic nitrogens is 2. The molecule has 5 nitrogen and oxygen atoms in total. The number of anilines is 2. The second kappa shape index (κ2) is 7.70. The van der Waals surface area contributed by atoms with Crippen LogP contribution in [0.25, 0.3) is 11.3 Å². The van der Waals surface area contributed by atoms with Crippen LogP contribution in [0.15, 0.2) is 73.1 Å². The minimum atomic E-state index is 0.508. The van der Waals surface area contributed by atoms with Gasteiger partial charge in [0, 0.05) is 23.9 Å². The van der Waals surface area contributed by atoms with Gasteiger partial charge in [-0.05, 0) is 42.0 Å². The third-order valence-electron chi connectivity index (χ3n) is 3.96. The Balaban J connectivity index is 1.69. The van der Waals surface area contributed by atoms with Gasteiger partial charge in [0.1, 0.15) is 12.4 Å². The fraction of sp³-hybridized carbons (Fsp3) is 0.143. The number of benzene rings is 2. The van der Waals surface area contributed by atoms with Crippen molar-refractivity contribution < 1.29 is 9.47 Å². The quantitative estimate of drug-likeness (QED) is 0.640. The van der Waals surface area contributed by atoms with Gasteiger partial charge in [0.05, 0.1) is 18.6 Å². The summed E-state index contributed by atoms with van der Waals surface area (Å²) in [6.45, 7) is 1.10. The van der Waals surface area contributed by atoms with E-state index in [2.05, 4.69) is 15.3 Å². The van der Waals surface area contributed by atoms with Crippen LogP contribution in [0, 0.1) is 0 Å². The molecule has 0 spiro atoms. The molecule has 26 heavy (non-hydrogen) atoms. The maximum atomic E-state index is 5.82. The average molecular weight is 345 g/mol. The van der Waals surface area contributed by atoms with E-state index in [1.165, 1.54) is 0 Å². The Hall–Kier alpha value is -3.34. The van der Waals surface area contributed by atoms with E-state index >= 15 is 0 Å².